The van der Waals surface area contributed by atoms with Gasteiger partial charge in [0.15, 0.2) is 5.92 Å². The van der Waals surface area contributed by atoms with Crippen molar-refractivity contribution in [3.05, 3.63) is 0 Å². The summed E-state index contributed by atoms with van der Waals surface area (Å²) < 4.78 is 46.4. The predicted molar refractivity (Wildman–Crippen MR) is 47.0 cm³/mol. The molecule has 0 amide bonds. The summed E-state index contributed by atoms with van der Waals surface area (Å²) in [6.45, 7) is -0.270. The molecule has 1 N–H and O–H groups in total. The van der Waals surface area contributed by atoms with Crippen LogP contribution in [0.25, 0.3) is 0 Å². The number of hydrogen-bond acceptors (Lipinski definition) is 3. The Morgan fingerprint density at radius 1 is 1.56 bits per heavy atom. The summed E-state index contributed by atoms with van der Waals surface area (Å²) >= 11 is 0. The van der Waals surface area contributed by atoms with Crippen molar-refractivity contribution < 1.29 is 32.5 Å². The van der Waals surface area contributed by atoms with Crippen molar-refractivity contribution in [3.8, 4) is 0 Å². The van der Waals surface area contributed by atoms with Gasteiger partial charge in [-0.05, 0) is 12.8 Å². The number of aliphatic carboxylic acids is 1. The fourth-order valence-electron chi connectivity index (χ4n) is 1.40. The number of carboxylic acids is 1. The lowest BCUT2D eigenvalue weighted by Crippen LogP contribution is -2.35. The van der Waals surface area contributed by atoms with E-state index >= 15 is 0 Å². The van der Waals surface area contributed by atoms with Crippen molar-refractivity contribution in [1.29, 1.82) is 0 Å². The lowest BCUT2D eigenvalue weighted by Gasteiger charge is -2.17. The molecule has 2 atom stereocenters. The van der Waals surface area contributed by atoms with Crippen LogP contribution in [0.2, 0.25) is 0 Å². The zero-order chi connectivity index (χ0) is 12.2. The zero-order valence-electron chi connectivity index (χ0n) is 8.50. The molecule has 0 aromatic carbocycles. The predicted octanol–water partition coefficient (Wildman–Crippen LogP) is 1.45. The number of ether oxygens (including phenoxy) is 2. The Labute approximate surface area is 90.3 Å². The Kier molecular flexibility index (Phi) is 4.55. The summed E-state index contributed by atoms with van der Waals surface area (Å²) in [5, 5.41) is 8.37. The van der Waals surface area contributed by atoms with E-state index in [0.29, 0.717) is 6.61 Å². The maximum atomic E-state index is 12.2. The highest BCUT2D eigenvalue weighted by Gasteiger charge is 2.45. The highest BCUT2D eigenvalue weighted by Crippen LogP contribution is 2.26. The molecule has 0 bridgehead atoms. The minimum atomic E-state index is -4.78. The topological polar surface area (TPSA) is 55.8 Å². The molecule has 1 heterocycles. The summed E-state index contributed by atoms with van der Waals surface area (Å²) in [5.41, 5.74) is 0. The van der Waals surface area contributed by atoms with Gasteiger partial charge in [-0.1, -0.05) is 0 Å². The van der Waals surface area contributed by atoms with Crippen LogP contribution in [0, 0.1) is 5.92 Å². The highest BCUT2D eigenvalue weighted by atomic mass is 19.4. The first-order chi connectivity index (χ1) is 7.41. The van der Waals surface area contributed by atoms with Crippen LogP contribution in [0.15, 0.2) is 0 Å². The fourth-order valence-corrected chi connectivity index (χ4v) is 1.40. The first-order valence-electron chi connectivity index (χ1n) is 4.90. The molecule has 0 spiro atoms. The Bertz CT molecular complexity index is 235. The molecular weight excluding hydrogens is 229 g/mol. The van der Waals surface area contributed by atoms with Gasteiger partial charge in [-0.15, -0.1) is 0 Å². The van der Waals surface area contributed by atoms with E-state index in [9.17, 15) is 18.0 Å². The SMILES string of the molecule is O=C(O)C(COCC1CCCO1)C(F)(F)F. The molecule has 4 nitrogen and oxygen atoms in total. The zero-order valence-corrected chi connectivity index (χ0v) is 8.50. The molecule has 2 unspecified atom stereocenters. The summed E-state index contributed by atoms with van der Waals surface area (Å²) in [4.78, 5) is 10.3. The van der Waals surface area contributed by atoms with Gasteiger partial charge in [0, 0.05) is 6.61 Å². The van der Waals surface area contributed by atoms with Crippen LogP contribution < -0.4 is 0 Å². The number of alkyl halides is 3. The maximum Gasteiger partial charge on any atom is 0.404 e. The minimum Gasteiger partial charge on any atom is -0.481 e. The summed E-state index contributed by atoms with van der Waals surface area (Å²) in [6.07, 6.45) is -3.38. The molecule has 0 radical (unpaired) electrons. The van der Waals surface area contributed by atoms with Crippen molar-refractivity contribution in [3.63, 3.8) is 0 Å². The third-order valence-electron chi connectivity index (χ3n) is 2.31. The van der Waals surface area contributed by atoms with Crippen LogP contribution in [-0.4, -0.2) is 43.2 Å². The highest BCUT2D eigenvalue weighted by molar-refractivity contribution is 5.71. The van der Waals surface area contributed by atoms with E-state index in [-0.39, 0.29) is 12.7 Å². The van der Waals surface area contributed by atoms with Crippen LogP contribution in [0.1, 0.15) is 12.8 Å². The van der Waals surface area contributed by atoms with E-state index in [4.69, 9.17) is 14.6 Å². The van der Waals surface area contributed by atoms with Gasteiger partial charge in [0.25, 0.3) is 0 Å². The number of carbonyl (C=O) groups is 1. The van der Waals surface area contributed by atoms with Gasteiger partial charge < -0.3 is 14.6 Å². The molecule has 0 aromatic heterocycles. The van der Waals surface area contributed by atoms with Crippen LogP contribution in [-0.2, 0) is 14.3 Å². The van der Waals surface area contributed by atoms with Crippen molar-refractivity contribution >= 4 is 5.97 Å². The van der Waals surface area contributed by atoms with Gasteiger partial charge in [0.1, 0.15) is 0 Å². The normalized spacial score (nSPS) is 23.3. The molecule has 0 aromatic rings. The second-order valence-electron chi connectivity index (χ2n) is 3.60. The molecule has 94 valence electrons. The third-order valence-corrected chi connectivity index (χ3v) is 2.31. The van der Waals surface area contributed by atoms with E-state index in [1.807, 2.05) is 0 Å². The van der Waals surface area contributed by atoms with Crippen LogP contribution >= 0.6 is 0 Å². The van der Waals surface area contributed by atoms with Gasteiger partial charge >= 0.3 is 12.1 Å². The van der Waals surface area contributed by atoms with E-state index in [1.54, 1.807) is 0 Å². The van der Waals surface area contributed by atoms with Crippen LogP contribution in [0.5, 0.6) is 0 Å². The van der Waals surface area contributed by atoms with Gasteiger partial charge in [0.05, 0.1) is 19.3 Å². The maximum absolute atomic E-state index is 12.2. The quantitative estimate of drug-likeness (QED) is 0.792. The second kappa shape index (κ2) is 5.49. The largest absolute Gasteiger partial charge is 0.481 e. The molecule has 7 heteroatoms. The van der Waals surface area contributed by atoms with Gasteiger partial charge in [-0.3, -0.25) is 4.79 Å². The van der Waals surface area contributed by atoms with E-state index in [1.165, 1.54) is 0 Å². The fraction of sp³-hybridized carbons (Fsp3) is 0.889. The third kappa shape index (κ3) is 3.97. The molecule has 0 saturated carbocycles. The number of carboxylic acid groups (broad SMARTS) is 1. The average Bonchev–Trinajstić information content (AvgIpc) is 2.61. The summed E-state index contributed by atoms with van der Waals surface area (Å²) in [7, 11) is 0. The summed E-state index contributed by atoms with van der Waals surface area (Å²) in [6, 6.07) is 0. The second-order valence-corrected chi connectivity index (χ2v) is 3.60. The average molecular weight is 242 g/mol. The Hall–Kier alpha value is -0.820. The Morgan fingerprint density at radius 2 is 2.25 bits per heavy atom. The number of rotatable bonds is 5. The van der Waals surface area contributed by atoms with E-state index < -0.39 is 24.7 Å². The van der Waals surface area contributed by atoms with Gasteiger partial charge in [-0.2, -0.15) is 13.2 Å². The lowest BCUT2D eigenvalue weighted by molar-refractivity contribution is -0.204. The van der Waals surface area contributed by atoms with Crippen molar-refractivity contribution in [2.75, 3.05) is 19.8 Å². The molecule has 1 saturated heterocycles. The molecule has 1 aliphatic rings. The van der Waals surface area contributed by atoms with Gasteiger partial charge in [-0.25, -0.2) is 0 Å². The first-order valence-corrected chi connectivity index (χ1v) is 4.90. The molecule has 1 fully saturated rings. The van der Waals surface area contributed by atoms with Crippen LogP contribution in [0.4, 0.5) is 13.2 Å². The van der Waals surface area contributed by atoms with Crippen LogP contribution in [0.3, 0.4) is 0 Å². The van der Waals surface area contributed by atoms with E-state index in [2.05, 4.69) is 0 Å². The molecule has 0 aliphatic carbocycles. The molecule has 1 rings (SSSR count). The molecule has 16 heavy (non-hydrogen) atoms. The Balaban J connectivity index is 2.30. The van der Waals surface area contributed by atoms with Crippen molar-refractivity contribution in [2.24, 2.45) is 5.92 Å². The first kappa shape index (κ1) is 13.2. The smallest absolute Gasteiger partial charge is 0.404 e. The number of hydrogen-bond donors (Lipinski definition) is 1. The Morgan fingerprint density at radius 3 is 2.69 bits per heavy atom. The van der Waals surface area contributed by atoms with Crippen molar-refractivity contribution in [2.45, 2.75) is 25.1 Å². The summed E-state index contributed by atoms with van der Waals surface area (Å²) in [5.74, 6) is -4.38. The lowest BCUT2D eigenvalue weighted by atomic mass is 10.1. The number of halogens is 3. The molecular formula is C9H13F3O4. The standard InChI is InChI=1S/C9H13F3O4/c10-9(11,12)7(8(13)14)5-15-4-6-2-1-3-16-6/h6-7H,1-5H2,(H,13,14). The monoisotopic (exact) mass is 242 g/mol. The molecule has 1 aliphatic heterocycles. The minimum absolute atomic E-state index is 0.0138. The van der Waals surface area contributed by atoms with Crippen molar-refractivity contribution in [1.82, 2.24) is 0 Å². The van der Waals surface area contributed by atoms with Gasteiger partial charge in [0.2, 0.25) is 0 Å². The van der Waals surface area contributed by atoms with E-state index in [0.717, 1.165) is 12.8 Å².